The van der Waals surface area contributed by atoms with Gasteiger partial charge in [0.15, 0.2) is 0 Å². The Morgan fingerprint density at radius 3 is 2.53 bits per heavy atom. The molecule has 0 aliphatic heterocycles. The fourth-order valence-corrected chi connectivity index (χ4v) is 1.87. The van der Waals surface area contributed by atoms with E-state index in [1.54, 1.807) is 30.3 Å². The number of hydrogen-bond acceptors (Lipinski definition) is 2. The van der Waals surface area contributed by atoms with Gasteiger partial charge in [0.1, 0.15) is 5.52 Å². The van der Waals surface area contributed by atoms with E-state index in [9.17, 15) is 13.2 Å². The molecule has 0 N–H and O–H groups in total. The molecule has 6 heteroatoms. The number of fused-ring (bicyclic) bond motifs is 1. The zero-order valence-corrected chi connectivity index (χ0v) is 9.59. The average molecular weight is 263 g/mol. The van der Waals surface area contributed by atoms with Crippen LogP contribution in [0.15, 0.2) is 48.5 Å². The summed E-state index contributed by atoms with van der Waals surface area (Å²) < 4.78 is 39.4. The van der Waals surface area contributed by atoms with Crippen LogP contribution in [0.5, 0.6) is 0 Å². The van der Waals surface area contributed by atoms with Gasteiger partial charge in [-0.15, -0.1) is 5.10 Å². The van der Waals surface area contributed by atoms with E-state index in [2.05, 4.69) is 10.3 Å². The van der Waals surface area contributed by atoms with E-state index < -0.39 is 11.7 Å². The van der Waals surface area contributed by atoms with Crippen LogP contribution in [0.3, 0.4) is 0 Å². The van der Waals surface area contributed by atoms with Gasteiger partial charge in [-0.25, -0.2) is 4.68 Å². The van der Waals surface area contributed by atoms with Crippen molar-refractivity contribution in [1.82, 2.24) is 15.0 Å². The summed E-state index contributed by atoms with van der Waals surface area (Å²) in [6.07, 6.45) is -4.37. The third kappa shape index (κ3) is 2.05. The molecule has 0 saturated carbocycles. The first-order valence-electron chi connectivity index (χ1n) is 5.54. The van der Waals surface area contributed by atoms with Crippen LogP contribution in [0.25, 0.3) is 16.7 Å². The molecule has 19 heavy (non-hydrogen) atoms. The van der Waals surface area contributed by atoms with E-state index in [1.165, 1.54) is 10.7 Å². The van der Waals surface area contributed by atoms with Gasteiger partial charge in [0.2, 0.25) is 0 Å². The Morgan fingerprint density at radius 1 is 0.947 bits per heavy atom. The van der Waals surface area contributed by atoms with Crippen molar-refractivity contribution in [2.75, 3.05) is 0 Å². The minimum absolute atomic E-state index is 0.337. The molecule has 0 saturated heterocycles. The molecule has 1 heterocycles. The van der Waals surface area contributed by atoms with Crippen molar-refractivity contribution >= 4 is 11.0 Å². The van der Waals surface area contributed by atoms with Crippen molar-refractivity contribution in [1.29, 1.82) is 0 Å². The summed E-state index contributed by atoms with van der Waals surface area (Å²) in [6.45, 7) is 0. The van der Waals surface area contributed by atoms with Crippen LogP contribution in [0.2, 0.25) is 0 Å². The highest BCUT2D eigenvalue weighted by molar-refractivity contribution is 5.75. The zero-order chi connectivity index (χ0) is 13.5. The van der Waals surface area contributed by atoms with Gasteiger partial charge in [-0.1, -0.05) is 23.4 Å². The van der Waals surface area contributed by atoms with Crippen molar-refractivity contribution < 1.29 is 13.2 Å². The van der Waals surface area contributed by atoms with E-state index in [4.69, 9.17) is 0 Å². The Labute approximate surface area is 106 Å². The number of hydrogen-bond donors (Lipinski definition) is 0. The van der Waals surface area contributed by atoms with E-state index in [-0.39, 0.29) is 0 Å². The quantitative estimate of drug-likeness (QED) is 0.673. The molecular weight excluding hydrogens is 255 g/mol. The standard InChI is InChI=1S/C13H8F3N3/c14-13(15,16)9-4-3-5-10(8-9)19-12-7-2-1-6-11(12)17-18-19/h1-8H. The maximum absolute atomic E-state index is 12.7. The van der Waals surface area contributed by atoms with Crippen molar-refractivity contribution in [3.05, 3.63) is 54.1 Å². The fourth-order valence-electron chi connectivity index (χ4n) is 1.87. The zero-order valence-electron chi connectivity index (χ0n) is 9.59. The normalized spacial score (nSPS) is 11.9. The Bertz CT molecular complexity index is 731. The summed E-state index contributed by atoms with van der Waals surface area (Å²) in [5, 5.41) is 7.81. The first-order chi connectivity index (χ1) is 9.05. The summed E-state index contributed by atoms with van der Waals surface area (Å²) in [4.78, 5) is 0. The summed E-state index contributed by atoms with van der Waals surface area (Å²) in [6, 6.07) is 12.1. The molecule has 3 nitrogen and oxygen atoms in total. The van der Waals surface area contributed by atoms with Crippen LogP contribution in [0.1, 0.15) is 5.56 Å². The molecule has 0 radical (unpaired) electrons. The first-order valence-corrected chi connectivity index (χ1v) is 5.54. The summed E-state index contributed by atoms with van der Waals surface area (Å²) in [5.74, 6) is 0. The second-order valence-electron chi connectivity index (χ2n) is 4.04. The first kappa shape index (κ1) is 11.7. The Hall–Kier alpha value is -2.37. The van der Waals surface area contributed by atoms with Gasteiger partial charge in [-0.3, -0.25) is 0 Å². The molecule has 0 unspecified atom stereocenters. The van der Waals surface area contributed by atoms with Crippen LogP contribution < -0.4 is 0 Å². The Kier molecular flexibility index (Phi) is 2.51. The number of aromatic nitrogens is 3. The van der Waals surface area contributed by atoms with Gasteiger partial charge < -0.3 is 0 Å². The van der Waals surface area contributed by atoms with E-state index in [0.717, 1.165) is 12.1 Å². The van der Waals surface area contributed by atoms with Crippen LogP contribution in [-0.4, -0.2) is 15.0 Å². The number of para-hydroxylation sites is 1. The largest absolute Gasteiger partial charge is 0.416 e. The Morgan fingerprint density at radius 2 is 1.74 bits per heavy atom. The smallest absolute Gasteiger partial charge is 0.213 e. The van der Waals surface area contributed by atoms with Gasteiger partial charge in [-0.05, 0) is 30.3 Å². The molecule has 3 rings (SSSR count). The highest BCUT2D eigenvalue weighted by Crippen LogP contribution is 2.30. The highest BCUT2D eigenvalue weighted by atomic mass is 19.4. The van der Waals surface area contributed by atoms with E-state index in [1.807, 2.05) is 0 Å². The molecule has 0 amide bonds. The molecule has 0 spiro atoms. The lowest BCUT2D eigenvalue weighted by atomic mass is 10.2. The number of halogens is 3. The van der Waals surface area contributed by atoms with Gasteiger partial charge in [-0.2, -0.15) is 13.2 Å². The number of rotatable bonds is 1. The lowest BCUT2D eigenvalue weighted by Crippen LogP contribution is -2.06. The van der Waals surface area contributed by atoms with Crippen LogP contribution >= 0.6 is 0 Å². The van der Waals surface area contributed by atoms with E-state index in [0.29, 0.717) is 16.7 Å². The second-order valence-corrected chi connectivity index (χ2v) is 4.04. The van der Waals surface area contributed by atoms with Gasteiger partial charge in [0.05, 0.1) is 16.8 Å². The SMILES string of the molecule is FC(F)(F)c1cccc(-n2nnc3ccccc32)c1. The summed E-state index contributed by atoms with van der Waals surface area (Å²) in [7, 11) is 0. The molecule has 3 aromatic rings. The van der Waals surface area contributed by atoms with Crippen molar-refractivity contribution in [3.63, 3.8) is 0 Å². The number of nitrogens with zero attached hydrogens (tertiary/aromatic N) is 3. The predicted molar refractivity (Wildman–Crippen MR) is 63.9 cm³/mol. The molecule has 0 aliphatic carbocycles. The third-order valence-electron chi connectivity index (χ3n) is 2.77. The second kappa shape index (κ2) is 4.08. The molecule has 2 aromatic carbocycles. The monoisotopic (exact) mass is 263 g/mol. The fraction of sp³-hybridized carbons (Fsp3) is 0.0769. The minimum atomic E-state index is -4.37. The highest BCUT2D eigenvalue weighted by Gasteiger charge is 2.30. The molecule has 0 bridgehead atoms. The number of alkyl halides is 3. The summed E-state index contributed by atoms with van der Waals surface area (Å²) >= 11 is 0. The maximum Gasteiger partial charge on any atom is 0.416 e. The van der Waals surface area contributed by atoms with Crippen LogP contribution in [-0.2, 0) is 6.18 Å². The van der Waals surface area contributed by atoms with Crippen LogP contribution in [0, 0.1) is 0 Å². The summed E-state index contributed by atoms with van der Waals surface area (Å²) in [5.41, 5.74) is 0.940. The van der Waals surface area contributed by atoms with Crippen LogP contribution in [0.4, 0.5) is 13.2 Å². The van der Waals surface area contributed by atoms with E-state index >= 15 is 0 Å². The van der Waals surface area contributed by atoms with Crippen molar-refractivity contribution in [2.24, 2.45) is 0 Å². The minimum Gasteiger partial charge on any atom is -0.213 e. The molecule has 0 atom stereocenters. The Balaban J connectivity index is 2.17. The van der Waals surface area contributed by atoms with Crippen molar-refractivity contribution in [3.8, 4) is 5.69 Å². The average Bonchev–Trinajstić information content (AvgIpc) is 2.82. The molecule has 96 valence electrons. The van der Waals surface area contributed by atoms with Crippen molar-refractivity contribution in [2.45, 2.75) is 6.18 Å². The molecule has 0 aliphatic rings. The van der Waals surface area contributed by atoms with Gasteiger partial charge >= 0.3 is 6.18 Å². The molecule has 1 aromatic heterocycles. The lowest BCUT2D eigenvalue weighted by Gasteiger charge is -2.08. The van der Waals surface area contributed by atoms with Gasteiger partial charge in [0.25, 0.3) is 0 Å². The predicted octanol–water partition coefficient (Wildman–Crippen LogP) is 3.44. The molecule has 0 fully saturated rings. The third-order valence-corrected chi connectivity index (χ3v) is 2.77. The topological polar surface area (TPSA) is 30.7 Å². The van der Waals surface area contributed by atoms with Gasteiger partial charge in [0, 0.05) is 0 Å². The lowest BCUT2D eigenvalue weighted by molar-refractivity contribution is -0.137. The molecular formula is C13H8F3N3. The number of benzene rings is 2. The maximum atomic E-state index is 12.7.